The molecule has 2 heterocycles. The predicted octanol–water partition coefficient (Wildman–Crippen LogP) is 3.32. The molecule has 0 fully saturated rings. The van der Waals surface area contributed by atoms with E-state index in [0.717, 1.165) is 12.1 Å². The van der Waals surface area contributed by atoms with Crippen molar-refractivity contribution in [3.05, 3.63) is 51.9 Å². The highest BCUT2D eigenvalue weighted by Crippen LogP contribution is 2.36. The number of aliphatic imine (C=N–C) groups is 1. The van der Waals surface area contributed by atoms with Gasteiger partial charge in [0.2, 0.25) is 5.88 Å². The Bertz CT molecular complexity index is 973. The van der Waals surface area contributed by atoms with Gasteiger partial charge in [-0.15, -0.1) is 0 Å². The maximum Gasteiger partial charge on any atom is 0.418 e. The second-order valence-electron chi connectivity index (χ2n) is 6.42. The summed E-state index contributed by atoms with van der Waals surface area (Å²) >= 11 is 3.25. The lowest BCUT2D eigenvalue weighted by Gasteiger charge is -2.34. The molecule has 0 radical (unpaired) electrons. The van der Waals surface area contributed by atoms with Gasteiger partial charge in [0.05, 0.1) is 6.54 Å². The molecule has 0 saturated carbocycles. The number of nitrogens with zero attached hydrogens (tertiary/aromatic N) is 2. The Labute approximate surface area is 172 Å². The monoisotopic (exact) mass is 471 g/mol. The first-order valence-corrected chi connectivity index (χ1v) is 9.24. The van der Waals surface area contributed by atoms with Crippen LogP contribution in [0.2, 0.25) is 0 Å². The van der Waals surface area contributed by atoms with Crippen LogP contribution < -0.4 is 21.1 Å². The Morgan fingerprint density at radius 1 is 1.41 bits per heavy atom. The van der Waals surface area contributed by atoms with E-state index in [1.54, 1.807) is 13.0 Å². The van der Waals surface area contributed by atoms with E-state index in [1.807, 2.05) is 0 Å². The molecule has 1 atom stereocenters. The van der Waals surface area contributed by atoms with Crippen molar-refractivity contribution >= 4 is 33.5 Å². The van der Waals surface area contributed by atoms with Crippen molar-refractivity contribution in [3.8, 4) is 5.88 Å². The first kappa shape index (κ1) is 21.1. The minimum absolute atomic E-state index is 0.0561. The number of carbonyl (C=O) groups excluding carboxylic acids is 1. The Morgan fingerprint density at radius 2 is 2.17 bits per heavy atom. The number of halogens is 4. The summed E-state index contributed by atoms with van der Waals surface area (Å²) in [4.78, 5) is 20.0. The molecule has 11 heteroatoms. The fourth-order valence-corrected chi connectivity index (χ4v) is 3.36. The molecule has 1 amide bonds. The summed E-state index contributed by atoms with van der Waals surface area (Å²) < 4.78 is 48.0. The van der Waals surface area contributed by atoms with Crippen molar-refractivity contribution in [2.45, 2.75) is 18.9 Å². The molecule has 0 spiro atoms. The van der Waals surface area contributed by atoms with E-state index in [4.69, 9.17) is 10.5 Å². The first-order valence-electron chi connectivity index (χ1n) is 8.45. The molecule has 7 nitrogen and oxygen atoms in total. The van der Waals surface area contributed by atoms with E-state index < -0.39 is 29.4 Å². The van der Waals surface area contributed by atoms with Crippen LogP contribution in [0.3, 0.4) is 0 Å². The molecule has 1 aromatic carbocycles. The molecule has 2 aromatic rings. The number of hydrogen-bond acceptors (Lipinski definition) is 6. The molecule has 0 bridgehead atoms. The third kappa shape index (κ3) is 4.51. The molecular formula is C18H17BrF3N5O2. The number of amidine groups is 1. The van der Waals surface area contributed by atoms with E-state index in [9.17, 15) is 18.0 Å². The number of pyridine rings is 1. The summed E-state index contributed by atoms with van der Waals surface area (Å²) in [5, 5.41) is 5.09. The third-order valence-electron chi connectivity index (χ3n) is 4.27. The highest BCUT2D eigenvalue weighted by atomic mass is 79.9. The summed E-state index contributed by atoms with van der Waals surface area (Å²) in [6.07, 6.45) is -2.48. The number of aryl methyl sites for hydroxylation is 1. The van der Waals surface area contributed by atoms with Crippen molar-refractivity contribution in [1.29, 1.82) is 0 Å². The molecule has 1 aliphatic rings. The van der Waals surface area contributed by atoms with Gasteiger partial charge in [-0.25, -0.2) is 22.9 Å². The highest BCUT2D eigenvalue weighted by molar-refractivity contribution is 9.10. The van der Waals surface area contributed by atoms with Gasteiger partial charge in [0.25, 0.3) is 6.43 Å². The lowest BCUT2D eigenvalue weighted by Crippen LogP contribution is -2.51. The lowest BCUT2D eigenvalue weighted by atomic mass is 9.88. The SMILES string of the molecule is Cc1cc(Br)cnc1OC(=O)Nc1ccc(F)c(C2(C(F)F)CNCC(N)=N2)c1. The summed E-state index contributed by atoms with van der Waals surface area (Å²) in [7, 11) is 0. The van der Waals surface area contributed by atoms with Crippen LogP contribution in [-0.4, -0.2) is 36.4 Å². The quantitative estimate of drug-likeness (QED) is 0.634. The normalized spacial score (nSPS) is 19.0. The number of nitrogens with two attached hydrogens (primary N) is 1. The van der Waals surface area contributed by atoms with E-state index in [-0.39, 0.29) is 30.5 Å². The molecule has 3 rings (SSSR count). The average molecular weight is 472 g/mol. The van der Waals surface area contributed by atoms with Crippen molar-refractivity contribution in [3.63, 3.8) is 0 Å². The minimum atomic E-state index is -3.03. The molecular weight excluding hydrogens is 455 g/mol. The summed E-state index contributed by atoms with van der Waals surface area (Å²) in [5.74, 6) is -0.883. The fourth-order valence-electron chi connectivity index (χ4n) is 2.92. The van der Waals surface area contributed by atoms with Gasteiger partial charge in [0.15, 0.2) is 5.54 Å². The topological polar surface area (TPSA) is 102 Å². The number of aromatic nitrogens is 1. The van der Waals surface area contributed by atoms with Crippen LogP contribution >= 0.6 is 15.9 Å². The van der Waals surface area contributed by atoms with Gasteiger partial charge in [0.1, 0.15) is 11.7 Å². The third-order valence-corrected chi connectivity index (χ3v) is 4.70. The molecule has 1 unspecified atom stereocenters. The number of benzene rings is 1. The number of carbonyl (C=O) groups is 1. The highest BCUT2D eigenvalue weighted by Gasteiger charge is 2.45. The number of rotatable bonds is 4. The van der Waals surface area contributed by atoms with E-state index in [1.165, 1.54) is 12.3 Å². The Hall–Kier alpha value is -2.66. The number of ether oxygens (including phenoxy) is 1. The molecule has 154 valence electrons. The smallest absolute Gasteiger partial charge is 0.391 e. The Morgan fingerprint density at radius 3 is 2.83 bits per heavy atom. The van der Waals surface area contributed by atoms with Gasteiger partial charge in [-0.3, -0.25) is 10.3 Å². The number of amides is 1. The Balaban J connectivity index is 1.87. The standard InChI is InChI=1S/C18H17BrF3N5O2/c1-9-4-10(19)6-25-15(9)29-17(28)26-11-2-3-13(20)12(5-11)18(16(21)22)8-24-7-14(23)27-18/h2-6,16,24H,7-8H2,1H3,(H2,23,27)(H,26,28). The van der Waals surface area contributed by atoms with Crippen LogP contribution in [0.15, 0.2) is 39.9 Å². The molecule has 29 heavy (non-hydrogen) atoms. The van der Waals surface area contributed by atoms with Crippen LogP contribution in [-0.2, 0) is 5.54 Å². The summed E-state index contributed by atoms with van der Waals surface area (Å²) in [6.45, 7) is 1.51. The average Bonchev–Trinajstić information content (AvgIpc) is 2.65. The van der Waals surface area contributed by atoms with E-state index >= 15 is 0 Å². The predicted molar refractivity (Wildman–Crippen MR) is 105 cm³/mol. The van der Waals surface area contributed by atoms with Gasteiger partial charge in [-0.05, 0) is 47.1 Å². The van der Waals surface area contributed by atoms with Gasteiger partial charge in [-0.1, -0.05) is 0 Å². The molecule has 1 aliphatic heterocycles. The van der Waals surface area contributed by atoms with Gasteiger partial charge >= 0.3 is 6.09 Å². The number of hydrogen-bond donors (Lipinski definition) is 3. The van der Waals surface area contributed by atoms with Crippen LogP contribution in [0.5, 0.6) is 5.88 Å². The first-order chi connectivity index (χ1) is 13.7. The second-order valence-corrected chi connectivity index (χ2v) is 7.33. The maximum atomic E-state index is 14.4. The molecule has 1 aromatic heterocycles. The van der Waals surface area contributed by atoms with Crippen LogP contribution in [0.25, 0.3) is 0 Å². The zero-order valence-corrected chi connectivity index (χ0v) is 16.8. The number of alkyl halides is 2. The minimum Gasteiger partial charge on any atom is -0.391 e. The number of nitrogens with one attached hydrogen (secondary N) is 2. The van der Waals surface area contributed by atoms with Crippen LogP contribution in [0.1, 0.15) is 11.1 Å². The van der Waals surface area contributed by atoms with Crippen LogP contribution in [0, 0.1) is 12.7 Å². The van der Waals surface area contributed by atoms with Gasteiger partial charge in [0, 0.05) is 34.0 Å². The zero-order chi connectivity index (χ0) is 21.2. The van der Waals surface area contributed by atoms with Crippen molar-refractivity contribution in [2.24, 2.45) is 10.7 Å². The van der Waals surface area contributed by atoms with Crippen molar-refractivity contribution in [2.75, 3.05) is 18.4 Å². The summed E-state index contributed by atoms with van der Waals surface area (Å²) in [5.41, 5.74) is 3.67. The second kappa shape index (κ2) is 8.37. The molecule has 4 N–H and O–H groups in total. The van der Waals surface area contributed by atoms with Crippen LogP contribution in [0.4, 0.5) is 23.7 Å². The van der Waals surface area contributed by atoms with Gasteiger partial charge < -0.3 is 15.8 Å². The lowest BCUT2D eigenvalue weighted by molar-refractivity contribution is 0.0491. The van der Waals surface area contributed by atoms with Crippen molar-refractivity contribution < 1.29 is 22.7 Å². The largest absolute Gasteiger partial charge is 0.418 e. The summed E-state index contributed by atoms with van der Waals surface area (Å²) in [6, 6.07) is 4.99. The maximum absolute atomic E-state index is 14.4. The molecule has 0 aliphatic carbocycles. The van der Waals surface area contributed by atoms with E-state index in [2.05, 4.69) is 36.5 Å². The number of anilines is 1. The van der Waals surface area contributed by atoms with Gasteiger partial charge in [-0.2, -0.15) is 0 Å². The van der Waals surface area contributed by atoms with Crippen molar-refractivity contribution in [1.82, 2.24) is 10.3 Å². The van der Waals surface area contributed by atoms with E-state index in [0.29, 0.717) is 10.0 Å². The Kier molecular flexibility index (Phi) is 6.08. The molecule has 0 saturated heterocycles. The fraction of sp³-hybridized carbons (Fsp3) is 0.278. The zero-order valence-electron chi connectivity index (χ0n) is 15.2.